The van der Waals surface area contributed by atoms with Crippen molar-refractivity contribution in [3.63, 3.8) is 0 Å². The van der Waals surface area contributed by atoms with E-state index in [9.17, 15) is 8.42 Å². The van der Waals surface area contributed by atoms with E-state index in [0.29, 0.717) is 10.6 Å². The molecule has 0 saturated carbocycles. The van der Waals surface area contributed by atoms with Gasteiger partial charge in [-0.3, -0.25) is 0 Å². The van der Waals surface area contributed by atoms with Crippen LogP contribution in [0, 0.1) is 0 Å². The number of nitrogens with two attached hydrogens (primary N) is 1. The average Bonchev–Trinajstić information content (AvgIpc) is 2.59. The molecule has 0 aromatic heterocycles. The van der Waals surface area contributed by atoms with Gasteiger partial charge in [0.05, 0.1) is 4.90 Å². The number of benzene rings is 1. The number of nitrogens with zero attached hydrogens (tertiary/aromatic N) is 1. The zero-order valence-corrected chi connectivity index (χ0v) is 10.9. The number of rotatable bonds is 2. The maximum atomic E-state index is 12.5. The minimum absolute atomic E-state index is 0.0764. The molecule has 94 valence electrons. The predicted molar refractivity (Wildman–Crippen MR) is 68.0 cm³/mol. The summed E-state index contributed by atoms with van der Waals surface area (Å²) in [5, 5.41) is 0. The first-order valence-corrected chi connectivity index (χ1v) is 7.26. The third-order valence-electron chi connectivity index (χ3n) is 3.33. The van der Waals surface area contributed by atoms with Crippen LogP contribution in [0.3, 0.4) is 0 Å². The average molecular weight is 254 g/mol. The van der Waals surface area contributed by atoms with Crippen molar-refractivity contribution in [2.24, 2.45) is 0 Å². The molecule has 0 bridgehead atoms. The summed E-state index contributed by atoms with van der Waals surface area (Å²) >= 11 is 0. The summed E-state index contributed by atoms with van der Waals surface area (Å²) in [6.45, 7) is 3.91. The fourth-order valence-electron chi connectivity index (χ4n) is 2.41. The third kappa shape index (κ3) is 2.17. The first kappa shape index (κ1) is 12.4. The van der Waals surface area contributed by atoms with Gasteiger partial charge in [0, 0.05) is 17.8 Å². The highest BCUT2D eigenvalue weighted by atomic mass is 32.2. The zero-order valence-electron chi connectivity index (χ0n) is 10.1. The molecular formula is C12H18N2O2S. The summed E-state index contributed by atoms with van der Waals surface area (Å²) in [6.07, 6.45) is 1.85. The van der Waals surface area contributed by atoms with Crippen molar-refractivity contribution >= 4 is 15.7 Å². The monoisotopic (exact) mass is 254 g/mol. The molecule has 1 saturated heterocycles. The molecule has 1 fully saturated rings. The van der Waals surface area contributed by atoms with E-state index in [2.05, 4.69) is 0 Å². The van der Waals surface area contributed by atoms with Gasteiger partial charge in [-0.1, -0.05) is 0 Å². The quantitative estimate of drug-likeness (QED) is 0.819. The van der Waals surface area contributed by atoms with Gasteiger partial charge in [-0.05, 0) is 51.0 Å². The maximum Gasteiger partial charge on any atom is 0.243 e. The Morgan fingerprint density at radius 1 is 1.12 bits per heavy atom. The van der Waals surface area contributed by atoms with Crippen molar-refractivity contribution in [3.8, 4) is 0 Å². The topological polar surface area (TPSA) is 63.4 Å². The standard InChI is InChI=1S/C12H18N2O2S/c1-9-3-4-10(2)14(9)17(15,16)12-7-5-11(13)6-8-12/h5-10H,3-4,13H2,1-2H3. The molecule has 2 rings (SSSR count). The van der Waals surface area contributed by atoms with Gasteiger partial charge in [0.25, 0.3) is 0 Å². The Hall–Kier alpha value is -1.07. The molecule has 2 N–H and O–H groups in total. The van der Waals surface area contributed by atoms with Gasteiger partial charge in [0.15, 0.2) is 0 Å². The number of hydrogen-bond donors (Lipinski definition) is 1. The second-order valence-corrected chi connectivity index (χ2v) is 6.52. The normalized spacial score (nSPS) is 26.2. The summed E-state index contributed by atoms with van der Waals surface area (Å²) < 4.78 is 26.5. The Bertz CT molecular complexity index is 486. The summed E-state index contributed by atoms with van der Waals surface area (Å²) in [5.41, 5.74) is 6.15. The number of nitrogen functional groups attached to an aromatic ring is 1. The maximum absolute atomic E-state index is 12.5. The second kappa shape index (κ2) is 4.31. The van der Waals surface area contributed by atoms with E-state index in [-0.39, 0.29) is 12.1 Å². The Morgan fingerprint density at radius 3 is 2.06 bits per heavy atom. The van der Waals surface area contributed by atoms with Crippen LogP contribution in [0.2, 0.25) is 0 Å². The van der Waals surface area contributed by atoms with Gasteiger partial charge in [-0.15, -0.1) is 0 Å². The number of sulfonamides is 1. The summed E-state index contributed by atoms with van der Waals surface area (Å²) in [6, 6.07) is 6.54. The van der Waals surface area contributed by atoms with Gasteiger partial charge < -0.3 is 5.73 Å². The van der Waals surface area contributed by atoms with Crippen LogP contribution in [-0.2, 0) is 10.0 Å². The smallest absolute Gasteiger partial charge is 0.243 e. The molecule has 0 spiro atoms. The Balaban J connectivity index is 2.39. The van der Waals surface area contributed by atoms with Crippen LogP contribution in [0.5, 0.6) is 0 Å². The molecule has 0 radical (unpaired) electrons. The number of anilines is 1. The van der Waals surface area contributed by atoms with Crippen LogP contribution in [0.4, 0.5) is 5.69 Å². The van der Waals surface area contributed by atoms with Crippen LogP contribution >= 0.6 is 0 Å². The fourth-order valence-corrected chi connectivity index (χ4v) is 4.29. The molecule has 5 heteroatoms. The van der Waals surface area contributed by atoms with Crippen LogP contribution < -0.4 is 5.73 Å². The van der Waals surface area contributed by atoms with Crippen LogP contribution in [0.1, 0.15) is 26.7 Å². The van der Waals surface area contributed by atoms with E-state index >= 15 is 0 Å². The Morgan fingerprint density at radius 2 is 1.59 bits per heavy atom. The van der Waals surface area contributed by atoms with Crippen molar-refractivity contribution in [2.45, 2.75) is 43.7 Å². The second-order valence-electron chi connectivity index (χ2n) is 4.68. The highest BCUT2D eigenvalue weighted by Crippen LogP contribution is 2.30. The highest BCUT2D eigenvalue weighted by molar-refractivity contribution is 7.89. The lowest BCUT2D eigenvalue weighted by Crippen LogP contribution is -2.38. The van der Waals surface area contributed by atoms with E-state index < -0.39 is 10.0 Å². The lowest BCUT2D eigenvalue weighted by molar-refractivity contribution is 0.350. The molecule has 1 aromatic carbocycles. The molecule has 1 heterocycles. The lowest BCUT2D eigenvalue weighted by Gasteiger charge is -2.25. The molecule has 2 unspecified atom stereocenters. The summed E-state index contributed by atoms with van der Waals surface area (Å²) in [5.74, 6) is 0. The molecule has 1 aromatic rings. The Kier molecular flexibility index (Phi) is 3.14. The molecule has 2 atom stereocenters. The van der Waals surface area contributed by atoms with Crippen molar-refractivity contribution in [3.05, 3.63) is 24.3 Å². The van der Waals surface area contributed by atoms with E-state index in [1.807, 2.05) is 13.8 Å². The van der Waals surface area contributed by atoms with E-state index in [0.717, 1.165) is 12.8 Å². The lowest BCUT2D eigenvalue weighted by atomic mass is 10.2. The molecule has 0 aliphatic carbocycles. The summed E-state index contributed by atoms with van der Waals surface area (Å²) in [7, 11) is -3.38. The van der Waals surface area contributed by atoms with Gasteiger partial charge in [-0.25, -0.2) is 8.42 Å². The minimum Gasteiger partial charge on any atom is -0.399 e. The molecule has 1 aliphatic heterocycles. The van der Waals surface area contributed by atoms with E-state index in [4.69, 9.17) is 5.73 Å². The SMILES string of the molecule is CC1CCC(C)N1S(=O)(=O)c1ccc(N)cc1. The van der Waals surface area contributed by atoms with Crippen molar-refractivity contribution in [2.75, 3.05) is 5.73 Å². The minimum atomic E-state index is -3.38. The van der Waals surface area contributed by atoms with Gasteiger partial charge in [0.1, 0.15) is 0 Å². The largest absolute Gasteiger partial charge is 0.399 e. The predicted octanol–water partition coefficient (Wildman–Crippen LogP) is 1.83. The molecular weight excluding hydrogens is 236 g/mol. The van der Waals surface area contributed by atoms with Crippen molar-refractivity contribution in [1.29, 1.82) is 0 Å². The zero-order chi connectivity index (χ0) is 12.6. The molecule has 1 aliphatic rings. The van der Waals surface area contributed by atoms with Crippen LogP contribution in [-0.4, -0.2) is 24.8 Å². The van der Waals surface area contributed by atoms with E-state index in [1.54, 1.807) is 28.6 Å². The first-order valence-electron chi connectivity index (χ1n) is 5.82. The van der Waals surface area contributed by atoms with Crippen LogP contribution in [0.25, 0.3) is 0 Å². The highest BCUT2D eigenvalue weighted by Gasteiger charge is 2.37. The third-order valence-corrected chi connectivity index (χ3v) is 5.47. The van der Waals surface area contributed by atoms with Gasteiger partial charge >= 0.3 is 0 Å². The molecule has 17 heavy (non-hydrogen) atoms. The van der Waals surface area contributed by atoms with Crippen molar-refractivity contribution in [1.82, 2.24) is 4.31 Å². The molecule has 4 nitrogen and oxygen atoms in total. The van der Waals surface area contributed by atoms with E-state index in [1.165, 1.54) is 0 Å². The molecule has 0 amide bonds. The number of hydrogen-bond acceptors (Lipinski definition) is 3. The van der Waals surface area contributed by atoms with Gasteiger partial charge in [-0.2, -0.15) is 4.31 Å². The summed E-state index contributed by atoms with van der Waals surface area (Å²) in [4.78, 5) is 0.326. The Labute approximate surface area is 102 Å². The van der Waals surface area contributed by atoms with Crippen LogP contribution in [0.15, 0.2) is 29.2 Å². The fraction of sp³-hybridized carbons (Fsp3) is 0.500. The first-order chi connectivity index (χ1) is 7.93. The van der Waals surface area contributed by atoms with Gasteiger partial charge in [0.2, 0.25) is 10.0 Å². The van der Waals surface area contributed by atoms with Crippen molar-refractivity contribution < 1.29 is 8.42 Å².